The molecule has 1 aromatic carbocycles. The number of rotatable bonds is 5. The van der Waals surface area contributed by atoms with Gasteiger partial charge in [0.1, 0.15) is 5.82 Å². The van der Waals surface area contributed by atoms with E-state index in [4.69, 9.17) is 10.3 Å². The predicted molar refractivity (Wildman–Crippen MR) is 64.8 cm³/mol. The van der Waals surface area contributed by atoms with Crippen molar-refractivity contribution in [3.8, 4) is 0 Å². The van der Waals surface area contributed by atoms with E-state index in [1.807, 2.05) is 0 Å². The van der Waals surface area contributed by atoms with Crippen LogP contribution in [-0.4, -0.2) is 13.6 Å². The van der Waals surface area contributed by atoms with E-state index < -0.39 is 15.8 Å². The molecule has 0 amide bonds. The Morgan fingerprint density at radius 1 is 1.37 bits per heavy atom. The van der Waals surface area contributed by atoms with Crippen molar-refractivity contribution < 1.29 is 17.3 Å². The van der Waals surface area contributed by atoms with Gasteiger partial charge < -0.3 is 10.3 Å². The number of nitrogens with two attached hydrogens (primary N) is 1. The standard InChI is InChI=1S/C11H12FN3O3S/c12-11-2-1-10(5-8(11)6-13)19(16,17)15-7-9-3-4-14-18-9/h1-5,15H,6-7,13H2. The highest BCUT2D eigenvalue weighted by Gasteiger charge is 2.16. The van der Waals surface area contributed by atoms with Crippen molar-refractivity contribution in [1.29, 1.82) is 0 Å². The molecule has 0 saturated heterocycles. The van der Waals surface area contributed by atoms with Crippen LogP contribution in [0.2, 0.25) is 0 Å². The lowest BCUT2D eigenvalue weighted by molar-refractivity contribution is 0.380. The number of hydrogen-bond acceptors (Lipinski definition) is 5. The summed E-state index contributed by atoms with van der Waals surface area (Å²) in [4.78, 5) is -0.0473. The Morgan fingerprint density at radius 2 is 2.16 bits per heavy atom. The highest BCUT2D eigenvalue weighted by atomic mass is 32.2. The summed E-state index contributed by atoms with van der Waals surface area (Å²) in [6.07, 6.45) is 1.41. The molecular formula is C11H12FN3O3S. The van der Waals surface area contributed by atoms with Crippen LogP contribution in [0.15, 0.2) is 39.9 Å². The van der Waals surface area contributed by atoms with Gasteiger partial charge in [-0.25, -0.2) is 17.5 Å². The minimum absolute atomic E-state index is 0.0301. The molecule has 0 radical (unpaired) electrons. The number of hydrogen-bond donors (Lipinski definition) is 2. The SMILES string of the molecule is NCc1cc(S(=O)(=O)NCc2ccno2)ccc1F. The zero-order valence-electron chi connectivity index (χ0n) is 9.84. The fraction of sp³-hybridized carbons (Fsp3) is 0.182. The van der Waals surface area contributed by atoms with E-state index in [0.29, 0.717) is 5.76 Å². The summed E-state index contributed by atoms with van der Waals surface area (Å²) in [5, 5.41) is 3.46. The van der Waals surface area contributed by atoms with Gasteiger partial charge in [0.25, 0.3) is 0 Å². The molecular weight excluding hydrogens is 273 g/mol. The number of benzene rings is 1. The minimum atomic E-state index is -3.75. The van der Waals surface area contributed by atoms with Crippen molar-refractivity contribution in [2.75, 3.05) is 0 Å². The molecule has 3 N–H and O–H groups in total. The lowest BCUT2D eigenvalue weighted by Crippen LogP contribution is -2.23. The minimum Gasteiger partial charge on any atom is -0.360 e. The summed E-state index contributed by atoms with van der Waals surface area (Å²) >= 11 is 0. The van der Waals surface area contributed by atoms with Gasteiger partial charge in [0.05, 0.1) is 17.6 Å². The molecule has 0 saturated carbocycles. The number of nitrogens with zero attached hydrogens (tertiary/aromatic N) is 1. The Balaban J connectivity index is 2.19. The van der Waals surface area contributed by atoms with Crippen LogP contribution in [0.5, 0.6) is 0 Å². The molecule has 0 aliphatic heterocycles. The van der Waals surface area contributed by atoms with E-state index in [9.17, 15) is 12.8 Å². The number of sulfonamides is 1. The van der Waals surface area contributed by atoms with Crippen LogP contribution in [0.25, 0.3) is 0 Å². The lowest BCUT2D eigenvalue weighted by atomic mass is 10.2. The maximum atomic E-state index is 13.2. The normalized spacial score (nSPS) is 11.7. The fourth-order valence-corrected chi connectivity index (χ4v) is 2.50. The Labute approximate surface area is 109 Å². The van der Waals surface area contributed by atoms with E-state index in [0.717, 1.165) is 6.07 Å². The third kappa shape index (κ3) is 3.16. The molecule has 0 bridgehead atoms. The van der Waals surface area contributed by atoms with E-state index in [-0.39, 0.29) is 23.5 Å². The average Bonchev–Trinajstić information content (AvgIpc) is 2.90. The molecule has 1 heterocycles. The Bertz CT molecular complexity index is 656. The molecule has 0 fully saturated rings. The van der Waals surface area contributed by atoms with Crippen LogP contribution in [0.1, 0.15) is 11.3 Å². The number of nitrogens with one attached hydrogen (secondary N) is 1. The quantitative estimate of drug-likeness (QED) is 0.844. The Hall–Kier alpha value is -1.77. The monoisotopic (exact) mass is 285 g/mol. The molecule has 0 atom stereocenters. The maximum Gasteiger partial charge on any atom is 0.240 e. The average molecular weight is 285 g/mol. The van der Waals surface area contributed by atoms with Gasteiger partial charge in [-0.3, -0.25) is 0 Å². The maximum absolute atomic E-state index is 13.2. The van der Waals surface area contributed by atoms with E-state index in [1.165, 1.54) is 18.3 Å². The molecule has 8 heteroatoms. The van der Waals surface area contributed by atoms with Crippen molar-refractivity contribution in [3.05, 3.63) is 47.6 Å². The summed E-state index contributed by atoms with van der Waals surface area (Å²) in [5.41, 5.74) is 5.48. The predicted octanol–water partition coefficient (Wildman–Crippen LogP) is 0.751. The zero-order valence-corrected chi connectivity index (χ0v) is 10.7. The van der Waals surface area contributed by atoms with E-state index in [1.54, 1.807) is 6.07 Å². The van der Waals surface area contributed by atoms with Crippen LogP contribution in [0.4, 0.5) is 4.39 Å². The number of aromatic nitrogens is 1. The van der Waals surface area contributed by atoms with Crippen LogP contribution < -0.4 is 10.5 Å². The highest BCUT2D eigenvalue weighted by molar-refractivity contribution is 7.89. The first kappa shape index (κ1) is 13.7. The highest BCUT2D eigenvalue weighted by Crippen LogP contribution is 2.15. The first-order valence-corrected chi connectivity index (χ1v) is 6.89. The second kappa shape index (κ2) is 5.47. The van der Waals surface area contributed by atoms with Gasteiger partial charge in [0, 0.05) is 18.2 Å². The smallest absolute Gasteiger partial charge is 0.240 e. The summed E-state index contributed by atoms with van der Waals surface area (Å²) in [7, 11) is -3.75. The van der Waals surface area contributed by atoms with Gasteiger partial charge in [0.2, 0.25) is 10.0 Å². The van der Waals surface area contributed by atoms with Crippen LogP contribution in [0, 0.1) is 5.82 Å². The zero-order chi connectivity index (χ0) is 13.9. The third-order valence-electron chi connectivity index (χ3n) is 2.48. The first-order valence-electron chi connectivity index (χ1n) is 5.40. The lowest BCUT2D eigenvalue weighted by Gasteiger charge is -2.07. The van der Waals surface area contributed by atoms with Crippen molar-refractivity contribution in [1.82, 2.24) is 9.88 Å². The summed E-state index contributed by atoms with van der Waals surface area (Å²) in [6, 6.07) is 5.00. The second-order valence-corrected chi connectivity index (χ2v) is 5.53. The van der Waals surface area contributed by atoms with Gasteiger partial charge >= 0.3 is 0 Å². The summed E-state index contributed by atoms with van der Waals surface area (Å²) in [5.74, 6) is -0.151. The molecule has 102 valence electrons. The second-order valence-electron chi connectivity index (χ2n) is 3.76. The van der Waals surface area contributed by atoms with Crippen LogP contribution in [0.3, 0.4) is 0 Å². The first-order chi connectivity index (χ1) is 9.03. The Kier molecular flexibility index (Phi) is 3.93. The van der Waals surface area contributed by atoms with Crippen LogP contribution in [-0.2, 0) is 23.1 Å². The van der Waals surface area contributed by atoms with Crippen molar-refractivity contribution in [3.63, 3.8) is 0 Å². The van der Waals surface area contributed by atoms with Gasteiger partial charge in [-0.05, 0) is 18.2 Å². The number of halogens is 1. The molecule has 0 spiro atoms. The van der Waals surface area contributed by atoms with E-state index >= 15 is 0 Å². The van der Waals surface area contributed by atoms with Crippen LogP contribution >= 0.6 is 0 Å². The van der Waals surface area contributed by atoms with Gasteiger partial charge in [0.15, 0.2) is 5.76 Å². The molecule has 0 aliphatic rings. The largest absolute Gasteiger partial charge is 0.360 e. The molecule has 1 aromatic heterocycles. The molecule has 2 rings (SSSR count). The van der Waals surface area contributed by atoms with E-state index in [2.05, 4.69) is 9.88 Å². The molecule has 0 aliphatic carbocycles. The topological polar surface area (TPSA) is 98.2 Å². The van der Waals surface area contributed by atoms with Crippen molar-refractivity contribution in [2.45, 2.75) is 18.0 Å². The summed E-state index contributed by atoms with van der Waals surface area (Å²) < 4.78 is 44.3. The molecule has 6 nitrogen and oxygen atoms in total. The van der Waals surface area contributed by atoms with Gasteiger partial charge in [-0.15, -0.1) is 0 Å². The molecule has 0 unspecified atom stereocenters. The van der Waals surface area contributed by atoms with Crippen molar-refractivity contribution >= 4 is 10.0 Å². The fourth-order valence-electron chi connectivity index (χ4n) is 1.46. The molecule has 2 aromatic rings. The van der Waals surface area contributed by atoms with Crippen molar-refractivity contribution in [2.24, 2.45) is 5.73 Å². The van der Waals surface area contributed by atoms with Gasteiger partial charge in [-0.2, -0.15) is 0 Å². The Morgan fingerprint density at radius 3 is 2.79 bits per heavy atom. The summed E-state index contributed by atoms with van der Waals surface area (Å²) in [6.45, 7) is -0.102. The van der Waals surface area contributed by atoms with Gasteiger partial charge in [-0.1, -0.05) is 5.16 Å². The third-order valence-corrected chi connectivity index (χ3v) is 3.87. The molecule has 19 heavy (non-hydrogen) atoms.